The molecule has 0 atom stereocenters. The number of halogens is 1. The molecule has 4 rings (SSSR count). The number of nitrogens with zero attached hydrogens (tertiary/aromatic N) is 1. The lowest BCUT2D eigenvalue weighted by molar-refractivity contribution is 0.102. The summed E-state index contributed by atoms with van der Waals surface area (Å²) in [5.41, 5.74) is 4.64. The van der Waals surface area contributed by atoms with Gasteiger partial charge in [0.25, 0.3) is 5.91 Å². The lowest BCUT2D eigenvalue weighted by atomic mass is 9.87. The first-order chi connectivity index (χ1) is 15.3. The van der Waals surface area contributed by atoms with Gasteiger partial charge in [-0.2, -0.15) is 0 Å². The maximum Gasteiger partial charge on any atom is 0.255 e. The lowest BCUT2D eigenvalue weighted by Gasteiger charge is -2.19. The van der Waals surface area contributed by atoms with Crippen LogP contribution in [0.2, 0.25) is 0 Å². The summed E-state index contributed by atoms with van der Waals surface area (Å²) < 4.78 is 13.8. The second-order valence-corrected chi connectivity index (χ2v) is 9.36. The van der Waals surface area contributed by atoms with E-state index in [1.807, 2.05) is 53.9 Å². The Balaban J connectivity index is 1.42. The third-order valence-corrected chi connectivity index (χ3v) is 5.83. The van der Waals surface area contributed by atoms with Gasteiger partial charge in [0, 0.05) is 22.2 Å². The van der Waals surface area contributed by atoms with Crippen molar-refractivity contribution in [1.29, 1.82) is 0 Å². The Kier molecular flexibility index (Phi) is 6.06. The molecule has 4 aromatic rings. The number of carbonyl (C=O) groups excluding carboxylic acids is 1. The molecule has 0 radical (unpaired) electrons. The van der Waals surface area contributed by atoms with E-state index in [4.69, 9.17) is 0 Å². The molecule has 2 N–H and O–H groups in total. The fraction of sp³-hybridized carbons (Fsp3) is 0.154. The van der Waals surface area contributed by atoms with Crippen molar-refractivity contribution in [2.75, 3.05) is 10.6 Å². The smallest absolute Gasteiger partial charge is 0.255 e. The largest absolute Gasteiger partial charge is 0.329 e. The van der Waals surface area contributed by atoms with E-state index in [1.54, 1.807) is 18.2 Å². The van der Waals surface area contributed by atoms with E-state index in [0.29, 0.717) is 22.1 Å². The Morgan fingerprint density at radius 2 is 1.62 bits per heavy atom. The fourth-order valence-corrected chi connectivity index (χ4v) is 3.92. The molecule has 3 aromatic carbocycles. The first-order valence-electron chi connectivity index (χ1n) is 10.3. The second-order valence-electron chi connectivity index (χ2n) is 8.50. The van der Waals surface area contributed by atoms with Gasteiger partial charge in [0.15, 0.2) is 5.13 Å². The molecule has 0 aliphatic heterocycles. The van der Waals surface area contributed by atoms with Gasteiger partial charge in [-0.1, -0.05) is 57.2 Å². The van der Waals surface area contributed by atoms with E-state index in [2.05, 4.69) is 36.4 Å². The number of anilines is 3. The van der Waals surface area contributed by atoms with Crippen molar-refractivity contribution in [3.8, 4) is 11.3 Å². The van der Waals surface area contributed by atoms with Crippen molar-refractivity contribution in [2.24, 2.45) is 0 Å². The Hall–Kier alpha value is -3.51. The Morgan fingerprint density at radius 1 is 0.938 bits per heavy atom. The van der Waals surface area contributed by atoms with E-state index < -0.39 is 0 Å². The minimum absolute atomic E-state index is 0.0468. The number of para-hydroxylation sites is 1. The van der Waals surface area contributed by atoms with Gasteiger partial charge in [-0.25, -0.2) is 9.37 Å². The van der Waals surface area contributed by atoms with Crippen LogP contribution >= 0.6 is 11.3 Å². The number of rotatable bonds is 5. The van der Waals surface area contributed by atoms with Crippen LogP contribution in [0.15, 0.2) is 78.2 Å². The van der Waals surface area contributed by atoms with Gasteiger partial charge in [0.05, 0.1) is 11.4 Å². The molecular weight excluding hydrogens is 421 g/mol. The van der Waals surface area contributed by atoms with Crippen LogP contribution in [0, 0.1) is 5.82 Å². The number of hydrogen-bond acceptors (Lipinski definition) is 4. The fourth-order valence-electron chi connectivity index (χ4n) is 3.19. The van der Waals surface area contributed by atoms with Crippen molar-refractivity contribution in [3.63, 3.8) is 0 Å². The maximum absolute atomic E-state index is 13.8. The predicted molar refractivity (Wildman–Crippen MR) is 130 cm³/mol. The average Bonchev–Trinajstić information content (AvgIpc) is 3.24. The molecule has 0 spiro atoms. The summed E-state index contributed by atoms with van der Waals surface area (Å²) >= 11 is 1.40. The molecule has 4 nitrogen and oxygen atoms in total. The molecule has 162 valence electrons. The van der Waals surface area contributed by atoms with Crippen LogP contribution in [0.4, 0.5) is 20.9 Å². The SMILES string of the molecule is CC(C)(C)c1ccc(C(=O)Nc2ccc(-c3csc(Nc4ccccc4F)n3)cc2)cc1. The summed E-state index contributed by atoms with van der Waals surface area (Å²) in [5, 5.41) is 8.46. The molecule has 0 fully saturated rings. The predicted octanol–water partition coefficient (Wildman–Crippen LogP) is 7.24. The summed E-state index contributed by atoms with van der Waals surface area (Å²) in [7, 11) is 0. The summed E-state index contributed by atoms with van der Waals surface area (Å²) in [5.74, 6) is -0.472. The van der Waals surface area contributed by atoms with Gasteiger partial charge in [0.2, 0.25) is 0 Å². The number of thiazole rings is 1. The maximum atomic E-state index is 13.8. The first kappa shape index (κ1) is 21.7. The van der Waals surface area contributed by atoms with Crippen LogP contribution in [-0.4, -0.2) is 10.9 Å². The molecule has 1 heterocycles. The molecule has 6 heteroatoms. The highest BCUT2D eigenvalue weighted by atomic mass is 32.1. The zero-order valence-corrected chi connectivity index (χ0v) is 19.0. The minimum atomic E-state index is -0.322. The van der Waals surface area contributed by atoms with Gasteiger partial charge in [-0.15, -0.1) is 11.3 Å². The molecule has 0 aliphatic carbocycles. The van der Waals surface area contributed by atoms with E-state index >= 15 is 0 Å². The van der Waals surface area contributed by atoms with Crippen LogP contribution in [0.1, 0.15) is 36.7 Å². The molecule has 0 saturated carbocycles. The van der Waals surface area contributed by atoms with Crippen molar-refractivity contribution in [2.45, 2.75) is 26.2 Å². The number of carbonyl (C=O) groups is 1. The summed E-state index contributed by atoms with van der Waals surface area (Å²) in [6.07, 6.45) is 0. The topological polar surface area (TPSA) is 54.0 Å². The lowest BCUT2D eigenvalue weighted by Crippen LogP contribution is -2.14. The zero-order chi connectivity index (χ0) is 22.7. The molecular formula is C26H24FN3OS. The van der Waals surface area contributed by atoms with Gasteiger partial charge < -0.3 is 10.6 Å². The van der Waals surface area contributed by atoms with Crippen LogP contribution in [-0.2, 0) is 5.41 Å². The van der Waals surface area contributed by atoms with Crippen molar-refractivity contribution in [3.05, 3.63) is 95.1 Å². The molecule has 1 amide bonds. The standard InChI is InChI=1S/C26H24FN3OS/c1-26(2,3)19-12-8-18(9-13-19)24(31)28-20-14-10-17(11-15-20)23-16-32-25(30-23)29-22-7-5-4-6-21(22)27/h4-16H,1-3H3,(H,28,31)(H,29,30). The van der Waals surface area contributed by atoms with Gasteiger partial charge in [0.1, 0.15) is 5.82 Å². The summed E-state index contributed by atoms with van der Waals surface area (Å²) in [6.45, 7) is 6.43. The molecule has 0 bridgehead atoms. The highest BCUT2D eigenvalue weighted by Crippen LogP contribution is 2.29. The molecule has 0 aliphatic rings. The van der Waals surface area contributed by atoms with E-state index in [9.17, 15) is 9.18 Å². The Morgan fingerprint density at radius 3 is 2.28 bits per heavy atom. The van der Waals surface area contributed by atoms with Gasteiger partial charge in [-0.05, 0) is 47.4 Å². The number of amides is 1. The number of hydrogen-bond donors (Lipinski definition) is 2. The highest BCUT2D eigenvalue weighted by molar-refractivity contribution is 7.14. The monoisotopic (exact) mass is 445 g/mol. The first-order valence-corrected chi connectivity index (χ1v) is 11.2. The van der Waals surface area contributed by atoms with Crippen molar-refractivity contribution in [1.82, 2.24) is 4.98 Å². The third-order valence-electron chi connectivity index (χ3n) is 5.07. The molecule has 0 saturated heterocycles. The minimum Gasteiger partial charge on any atom is -0.329 e. The Labute approximate surface area is 191 Å². The van der Waals surface area contributed by atoms with Crippen LogP contribution in [0.25, 0.3) is 11.3 Å². The highest BCUT2D eigenvalue weighted by Gasteiger charge is 2.14. The van der Waals surface area contributed by atoms with Crippen LogP contribution in [0.3, 0.4) is 0 Å². The third kappa shape index (κ3) is 5.03. The normalized spacial score (nSPS) is 11.2. The summed E-state index contributed by atoms with van der Waals surface area (Å²) in [4.78, 5) is 17.1. The van der Waals surface area contributed by atoms with E-state index in [-0.39, 0.29) is 17.1 Å². The number of benzene rings is 3. The van der Waals surface area contributed by atoms with Crippen molar-refractivity contribution < 1.29 is 9.18 Å². The average molecular weight is 446 g/mol. The molecule has 32 heavy (non-hydrogen) atoms. The quantitative estimate of drug-likeness (QED) is 0.340. The summed E-state index contributed by atoms with van der Waals surface area (Å²) in [6, 6.07) is 21.7. The molecule has 1 aromatic heterocycles. The molecule has 0 unspecified atom stereocenters. The van der Waals surface area contributed by atoms with Crippen LogP contribution < -0.4 is 10.6 Å². The second kappa shape index (κ2) is 8.93. The van der Waals surface area contributed by atoms with Crippen LogP contribution in [0.5, 0.6) is 0 Å². The zero-order valence-electron chi connectivity index (χ0n) is 18.1. The van der Waals surface area contributed by atoms with Gasteiger partial charge >= 0.3 is 0 Å². The number of nitrogens with one attached hydrogen (secondary N) is 2. The van der Waals surface area contributed by atoms with E-state index in [0.717, 1.165) is 11.3 Å². The van der Waals surface area contributed by atoms with Gasteiger partial charge in [-0.3, -0.25) is 4.79 Å². The van der Waals surface area contributed by atoms with Crippen molar-refractivity contribution >= 4 is 33.8 Å². The van der Waals surface area contributed by atoms with E-state index in [1.165, 1.54) is 23.0 Å². The Bertz CT molecular complexity index is 1230. The number of aromatic nitrogens is 1.